The minimum absolute atomic E-state index is 0.0344. The van der Waals surface area contributed by atoms with Crippen LogP contribution in [0.1, 0.15) is 11.4 Å². The van der Waals surface area contributed by atoms with E-state index in [4.69, 9.17) is 10.2 Å². The van der Waals surface area contributed by atoms with E-state index in [0.29, 0.717) is 0 Å². The molecule has 2 aromatic rings. The molecular formula is C8H2N2O4. The summed E-state index contributed by atoms with van der Waals surface area (Å²) < 4.78 is 0. The van der Waals surface area contributed by atoms with Crippen LogP contribution in [0.15, 0.2) is 9.59 Å². The molecule has 14 heavy (non-hydrogen) atoms. The fraction of sp³-hybridized carbons (Fsp3) is 0. The Balaban J connectivity index is 2.44. The van der Waals surface area contributed by atoms with E-state index in [1.807, 2.05) is 0 Å². The number of aliphatic hydroxyl groups is 2. The van der Waals surface area contributed by atoms with Crippen molar-refractivity contribution < 1.29 is 10.2 Å². The van der Waals surface area contributed by atoms with Crippen molar-refractivity contribution in [1.29, 1.82) is 0 Å². The van der Waals surface area contributed by atoms with Gasteiger partial charge in [-0.15, -0.1) is 0 Å². The summed E-state index contributed by atoms with van der Waals surface area (Å²) in [5.41, 5.74) is -1.33. The van der Waals surface area contributed by atoms with Crippen molar-refractivity contribution in [3.63, 3.8) is 0 Å². The predicted molar refractivity (Wildman–Crippen MR) is 46.5 cm³/mol. The van der Waals surface area contributed by atoms with Crippen LogP contribution in [0.4, 0.5) is 0 Å². The van der Waals surface area contributed by atoms with Crippen molar-refractivity contribution in [3.05, 3.63) is 31.8 Å². The summed E-state index contributed by atoms with van der Waals surface area (Å²) >= 11 is 0. The molecule has 6 heteroatoms. The first-order valence-electron chi connectivity index (χ1n) is 3.75. The molecule has 0 fully saturated rings. The molecule has 1 aliphatic carbocycles. The normalized spacial score (nSPS) is 14.6. The molecule has 0 spiro atoms. The first-order chi connectivity index (χ1) is 6.61. The molecule has 0 atom stereocenters. The molecule has 0 saturated heterocycles. The SMILES string of the molecule is O=c1c(=O)c2nc3c(nc12)C(O)=C3O. The van der Waals surface area contributed by atoms with Crippen molar-refractivity contribution >= 4 is 22.6 Å². The molecular weight excluding hydrogens is 188 g/mol. The maximum absolute atomic E-state index is 10.9. The van der Waals surface area contributed by atoms with E-state index >= 15 is 0 Å². The Bertz CT molecular complexity index is 632. The van der Waals surface area contributed by atoms with Gasteiger partial charge in [-0.05, 0) is 0 Å². The van der Waals surface area contributed by atoms with Crippen molar-refractivity contribution in [2.75, 3.05) is 0 Å². The van der Waals surface area contributed by atoms with Crippen LogP contribution in [0.5, 0.6) is 0 Å². The second kappa shape index (κ2) is 1.82. The van der Waals surface area contributed by atoms with Crippen LogP contribution in [-0.2, 0) is 0 Å². The molecule has 3 rings (SSSR count). The number of nitrogens with zero attached hydrogens (tertiary/aromatic N) is 2. The molecule has 0 saturated carbocycles. The van der Waals surface area contributed by atoms with Crippen LogP contribution in [0.25, 0.3) is 22.6 Å². The number of aliphatic hydroxyl groups excluding tert-OH is 2. The van der Waals surface area contributed by atoms with Crippen LogP contribution >= 0.6 is 0 Å². The monoisotopic (exact) mass is 190 g/mol. The van der Waals surface area contributed by atoms with Gasteiger partial charge in [0.25, 0.3) is 10.9 Å². The molecule has 1 aromatic carbocycles. The Labute approximate surface area is 75.5 Å². The van der Waals surface area contributed by atoms with Gasteiger partial charge in [0.2, 0.25) is 0 Å². The van der Waals surface area contributed by atoms with Crippen LogP contribution in [0.3, 0.4) is 0 Å². The van der Waals surface area contributed by atoms with Gasteiger partial charge in [0.05, 0.1) is 0 Å². The van der Waals surface area contributed by atoms with Crippen molar-refractivity contribution in [2.24, 2.45) is 0 Å². The number of aromatic nitrogens is 2. The van der Waals surface area contributed by atoms with Gasteiger partial charge >= 0.3 is 0 Å². The van der Waals surface area contributed by atoms with Crippen LogP contribution in [-0.4, -0.2) is 20.2 Å². The zero-order chi connectivity index (χ0) is 10.0. The second-order valence-electron chi connectivity index (χ2n) is 2.97. The molecule has 68 valence electrons. The van der Waals surface area contributed by atoms with E-state index < -0.39 is 10.9 Å². The van der Waals surface area contributed by atoms with Crippen LogP contribution < -0.4 is 10.9 Å². The maximum atomic E-state index is 10.9. The molecule has 6 nitrogen and oxygen atoms in total. The Morgan fingerprint density at radius 2 is 1.14 bits per heavy atom. The molecule has 0 amide bonds. The summed E-state index contributed by atoms with van der Waals surface area (Å²) in [5.74, 6) is -0.773. The van der Waals surface area contributed by atoms with Gasteiger partial charge in [-0.25, -0.2) is 9.97 Å². The van der Waals surface area contributed by atoms with E-state index in [0.717, 1.165) is 0 Å². The standard InChI is InChI=1S/C8H2N2O4/c11-5-1-2(6(5)12)10-4-3(9-1)7(13)8(4)14/h11-12H. The maximum Gasteiger partial charge on any atom is 0.255 e. The number of hydrogen-bond acceptors (Lipinski definition) is 6. The van der Waals surface area contributed by atoms with Gasteiger partial charge in [0.1, 0.15) is 22.4 Å². The third-order valence-electron chi connectivity index (χ3n) is 2.21. The molecule has 0 radical (unpaired) electrons. The van der Waals surface area contributed by atoms with Crippen molar-refractivity contribution in [1.82, 2.24) is 9.97 Å². The average molecular weight is 190 g/mol. The van der Waals surface area contributed by atoms with Gasteiger partial charge in [-0.1, -0.05) is 0 Å². The zero-order valence-corrected chi connectivity index (χ0v) is 6.61. The smallest absolute Gasteiger partial charge is 0.255 e. The highest BCUT2D eigenvalue weighted by Crippen LogP contribution is 2.33. The van der Waals surface area contributed by atoms with Crippen LogP contribution in [0.2, 0.25) is 0 Å². The lowest BCUT2D eigenvalue weighted by molar-refractivity contribution is 0.440. The summed E-state index contributed by atoms with van der Waals surface area (Å²) in [6.45, 7) is 0. The first-order valence-corrected chi connectivity index (χ1v) is 3.75. The van der Waals surface area contributed by atoms with Gasteiger partial charge in [-0.2, -0.15) is 0 Å². The largest absolute Gasteiger partial charge is 0.503 e. The van der Waals surface area contributed by atoms with Gasteiger partial charge < -0.3 is 10.2 Å². The summed E-state index contributed by atoms with van der Waals surface area (Å²) in [6, 6.07) is 0. The third-order valence-corrected chi connectivity index (χ3v) is 2.21. The summed E-state index contributed by atoms with van der Waals surface area (Å²) in [7, 11) is 0. The van der Waals surface area contributed by atoms with Crippen molar-refractivity contribution in [3.8, 4) is 0 Å². The van der Waals surface area contributed by atoms with Gasteiger partial charge in [0, 0.05) is 0 Å². The summed E-state index contributed by atoms with van der Waals surface area (Å²) in [4.78, 5) is 29.2. The predicted octanol–water partition coefficient (Wildman–Crippen LogP) is -0.519. The minimum atomic E-state index is -0.700. The molecule has 1 heterocycles. The fourth-order valence-electron chi connectivity index (χ4n) is 1.40. The Hall–Kier alpha value is -2.24. The van der Waals surface area contributed by atoms with Gasteiger partial charge in [-0.3, -0.25) is 9.59 Å². The molecule has 1 aliphatic rings. The minimum Gasteiger partial charge on any atom is -0.503 e. The number of fused-ring (bicyclic) bond motifs is 2. The Morgan fingerprint density at radius 1 is 0.786 bits per heavy atom. The average Bonchev–Trinajstić information content (AvgIpc) is 2.24. The quantitative estimate of drug-likeness (QED) is 0.542. The van der Waals surface area contributed by atoms with Crippen LogP contribution in [0, 0.1) is 0 Å². The molecule has 0 aliphatic heterocycles. The topological polar surface area (TPSA) is 100 Å². The summed E-state index contributed by atoms with van der Waals surface area (Å²) in [6.07, 6.45) is 0. The highest BCUT2D eigenvalue weighted by Gasteiger charge is 2.32. The zero-order valence-electron chi connectivity index (χ0n) is 6.61. The molecule has 0 bridgehead atoms. The molecule has 2 N–H and O–H groups in total. The van der Waals surface area contributed by atoms with E-state index in [-0.39, 0.29) is 33.9 Å². The highest BCUT2D eigenvalue weighted by molar-refractivity contribution is 5.96. The lowest BCUT2D eigenvalue weighted by Gasteiger charge is -2.16. The lowest BCUT2D eigenvalue weighted by Crippen LogP contribution is -2.34. The number of hydrogen-bond donors (Lipinski definition) is 2. The highest BCUT2D eigenvalue weighted by atomic mass is 16.3. The van der Waals surface area contributed by atoms with E-state index in [1.54, 1.807) is 0 Å². The van der Waals surface area contributed by atoms with E-state index in [2.05, 4.69) is 9.97 Å². The van der Waals surface area contributed by atoms with Gasteiger partial charge in [0.15, 0.2) is 11.5 Å². The van der Waals surface area contributed by atoms with E-state index in [1.165, 1.54) is 0 Å². The van der Waals surface area contributed by atoms with E-state index in [9.17, 15) is 9.59 Å². The Morgan fingerprint density at radius 3 is 1.50 bits per heavy atom. The lowest BCUT2D eigenvalue weighted by atomic mass is 10.0. The molecule has 0 unspecified atom stereocenters. The first kappa shape index (κ1) is 7.19. The summed E-state index contributed by atoms with van der Waals surface area (Å²) in [5, 5.41) is 18.2. The molecule has 1 aromatic heterocycles. The number of rotatable bonds is 0. The Kier molecular flexibility index (Phi) is 0.933. The van der Waals surface area contributed by atoms with Crippen molar-refractivity contribution in [2.45, 2.75) is 0 Å². The second-order valence-corrected chi connectivity index (χ2v) is 2.97. The fourth-order valence-corrected chi connectivity index (χ4v) is 1.40. The third kappa shape index (κ3) is 0.525.